The molecule has 2 amide bonds. The number of carbonyl (C=O) groups excluding carboxylic acids is 2. The van der Waals surface area contributed by atoms with Gasteiger partial charge in [0.1, 0.15) is 22.8 Å². The average Bonchev–Trinajstić information content (AvgIpc) is 3.65. The Balaban J connectivity index is 1.27. The van der Waals surface area contributed by atoms with Gasteiger partial charge in [-0.2, -0.15) is 0 Å². The standard InChI is InChI=1S/C35H35ClN4O5/c1-4-5-15-44-30-16-29-33(32-22(2)7-6-8-27(30)32)24(17-36)18-40(29)35(42)28-20-39-19-25(11-14-31(39)38-28)37-34(41)23-9-12-26(13-10-23)45-21-43-3/h6-14,16,19-20,24H,4-5,15,17-18,21H2,1-3H3,(H,37,41)/t24-/m1/s1. The SMILES string of the molecule is CCCCOc1cc2c(c3c(C)cccc13)[C@H](CCl)CN2C(=O)c1cn2cc(NC(=O)c3ccc(OCOC)cc3)ccc2n1. The summed E-state index contributed by atoms with van der Waals surface area (Å²) in [4.78, 5) is 33.3. The first-order valence-electron chi connectivity index (χ1n) is 15.0. The Labute approximate surface area is 266 Å². The van der Waals surface area contributed by atoms with Crippen LogP contribution >= 0.6 is 11.6 Å². The number of carbonyl (C=O) groups is 2. The van der Waals surface area contributed by atoms with E-state index in [9.17, 15) is 9.59 Å². The van der Waals surface area contributed by atoms with Crippen LogP contribution in [0.2, 0.25) is 0 Å². The van der Waals surface area contributed by atoms with E-state index in [-0.39, 0.29) is 24.5 Å². The van der Waals surface area contributed by atoms with Crippen LogP contribution in [-0.4, -0.2) is 54.1 Å². The molecule has 232 valence electrons. The van der Waals surface area contributed by atoms with Gasteiger partial charge < -0.3 is 28.8 Å². The summed E-state index contributed by atoms with van der Waals surface area (Å²) >= 11 is 6.51. The number of halogens is 1. The number of imidazole rings is 1. The molecule has 0 unspecified atom stereocenters. The van der Waals surface area contributed by atoms with E-state index in [4.69, 9.17) is 25.8 Å². The number of aryl methyl sites for hydroxylation is 1. The molecule has 1 N–H and O–H groups in total. The number of hydrogen-bond donors (Lipinski definition) is 1. The largest absolute Gasteiger partial charge is 0.493 e. The molecule has 5 aromatic rings. The van der Waals surface area contributed by atoms with E-state index in [0.717, 1.165) is 46.2 Å². The fraction of sp³-hybridized carbons (Fsp3) is 0.286. The van der Waals surface area contributed by atoms with Gasteiger partial charge in [0.2, 0.25) is 0 Å². The number of rotatable bonds is 11. The zero-order valence-electron chi connectivity index (χ0n) is 25.5. The van der Waals surface area contributed by atoms with Crippen molar-refractivity contribution < 1.29 is 23.8 Å². The molecule has 45 heavy (non-hydrogen) atoms. The lowest BCUT2D eigenvalue weighted by molar-refractivity contribution is 0.0511. The van der Waals surface area contributed by atoms with Gasteiger partial charge in [0.25, 0.3) is 11.8 Å². The first-order chi connectivity index (χ1) is 21.9. The van der Waals surface area contributed by atoms with Gasteiger partial charge in [-0.05, 0) is 66.3 Å². The first-order valence-corrected chi connectivity index (χ1v) is 15.5. The van der Waals surface area contributed by atoms with Crippen LogP contribution in [0.15, 0.2) is 73.1 Å². The van der Waals surface area contributed by atoms with Crippen molar-refractivity contribution in [2.75, 3.05) is 43.2 Å². The maximum Gasteiger partial charge on any atom is 0.278 e. The highest BCUT2D eigenvalue weighted by atomic mass is 35.5. The maximum absolute atomic E-state index is 14.1. The molecule has 2 aromatic heterocycles. The van der Waals surface area contributed by atoms with E-state index in [1.807, 2.05) is 12.1 Å². The molecule has 0 bridgehead atoms. The lowest BCUT2D eigenvalue weighted by atomic mass is 9.92. The molecule has 0 spiro atoms. The lowest BCUT2D eigenvalue weighted by Gasteiger charge is -2.19. The fourth-order valence-electron chi connectivity index (χ4n) is 5.79. The van der Waals surface area contributed by atoms with Crippen molar-refractivity contribution in [3.63, 3.8) is 0 Å². The minimum absolute atomic E-state index is 0.0293. The number of methoxy groups -OCH3 is 1. The normalized spacial score (nSPS) is 14.1. The average molecular weight is 627 g/mol. The second-order valence-electron chi connectivity index (χ2n) is 11.1. The third kappa shape index (κ3) is 6.06. The zero-order valence-corrected chi connectivity index (χ0v) is 26.3. The van der Waals surface area contributed by atoms with Crippen LogP contribution in [0, 0.1) is 6.92 Å². The second-order valence-corrected chi connectivity index (χ2v) is 11.4. The highest BCUT2D eigenvalue weighted by Gasteiger charge is 2.36. The molecule has 1 aliphatic rings. The molecule has 1 atom stereocenters. The van der Waals surface area contributed by atoms with Gasteiger partial charge in [-0.3, -0.25) is 9.59 Å². The summed E-state index contributed by atoms with van der Waals surface area (Å²) in [5.74, 6) is 1.23. The Hall–Kier alpha value is -4.60. The van der Waals surface area contributed by atoms with Crippen molar-refractivity contribution in [3.8, 4) is 11.5 Å². The number of fused-ring (bicyclic) bond motifs is 4. The van der Waals surface area contributed by atoms with Crippen molar-refractivity contribution in [1.29, 1.82) is 0 Å². The highest BCUT2D eigenvalue weighted by Crippen LogP contribution is 2.47. The van der Waals surface area contributed by atoms with Crippen LogP contribution in [0.25, 0.3) is 16.4 Å². The van der Waals surface area contributed by atoms with Crippen LogP contribution < -0.4 is 19.7 Å². The van der Waals surface area contributed by atoms with Gasteiger partial charge >= 0.3 is 0 Å². The number of alkyl halides is 1. The summed E-state index contributed by atoms with van der Waals surface area (Å²) in [6.07, 6.45) is 5.39. The highest BCUT2D eigenvalue weighted by molar-refractivity contribution is 6.19. The van der Waals surface area contributed by atoms with Gasteiger partial charge in [0, 0.05) is 54.9 Å². The molecule has 3 heterocycles. The summed E-state index contributed by atoms with van der Waals surface area (Å²) < 4.78 is 18.3. The van der Waals surface area contributed by atoms with E-state index in [0.29, 0.717) is 47.4 Å². The number of pyridine rings is 1. The van der Waals surface area contributed by atoms with E-state index in [2.05, 4.69) is 36.3 Å². The van der Waals surface area contributed by atoms with Crippen LogP contribution in [0.5, 0.6) is 11.5 Å². The molecule has 0 aliphatic carbocycles. The van der Waals surface area contributed by atoms with Crippen molar-refractivity contribution >= 4 is 51.2 Å². The molecule has 6 rings (SSSR count). The number of anilines is 2. The zero-order chi connectivity index (χ0) is 31.5. The Bertz CT molecular complexity index is 1870. The van der Waals surface area contributed by atoms with Gasteiger partial charge in [-0.15, -0.1) is 11.6 Å². The van der Waals surface area contributed by atoms with Crippen molar-refractivity contribution in [1.82, 2.24) is 9.38 Å². The Morgan fingerprint density at radius 3 is 2.64 bits per heavy atom. The topological polar surface area (TPSA) is 94.4 Å². The summed E-state index contributed by atoms with van der Waals surface area (Å²) in [5, 5.41) is 5.03. The Kier molecular flexibility index (Phi) is 8.91. The predicted octanol–water partition coefficient (Wildman–Crippen LogP) is 7.19. The number of unbranched alkanes of at least 4 members (excludes halogenated alkanes) is 1. The van der Waals surface area contributed by atoms with Crippen molar-refractivity contribution in [2.24, 2.45) is 0 Å². The van der Waals surface area contributed by atoms with Crippen molar-refractivity contribution in [2.45, 2.75) is 32.6 Å². The first kappa shape index (κ1) is 30.4. The minimum atomic E-state index is -0.274. The quantitative estimate of drug-likeness (QED) is 0.0947. The molecule has 0 saturated carbocycles. The van der Waals surface area contributed by atoms with E-state index < -0.39 is 0 Å². The summed E-state index contributed by atoms with van der Waals surface area (Å²) in [7, 11) is 1.54. The summed E-state index contributed by atoms with van der Waals surface area (Å²) in [5.41, 5.74) is 4.92. The van der Waals surface area contributed by atoms with Crippen LogP contribution in [0.4, 0.5) is 11.4 Å². The molecule has 9 nitrogen and oxygen atoms in total. The Morgan fingerprint density at radius 1 is 1.07 bits per heavy atom. The number of nitrogens with one attached hydrogen (secondary N) is 1. The van der Waals surface area contributed by atoms with Crippen molar-refractivity contribution in [3.05, 3.63) is 95.4 Å². The van der Waals surface area contributed by atoms with Gasteiger partial charge in [0.05, 0.1) is 18.0 Å². The number of nitrogens with zero attached hydrogens (tertiary/aromatic N) is 3. The van der Waals surface area contributed by atoms with E-state index in [1.165, 1.54) is 0 Å². The molecule has 0 radical (unpaired) electrons. The number of benzene rings is 3. The molecule has 0 saturated heterocycles. The molecule has 3 aromatic carbocycles. The molecule has 1 aliphatic heterocycles. The van der Waals surface area contributed by atoms with Gasteiger partial charge in [-0.1, -0.05) is 31.5 Å². The molecular weight excluding hydrogens is 592 g/mol. The third-order valence-corrected chi connectivity index (χ3v) is 8.40. The van der Waals surface area contributed by atoms with E-state index in [1.54, 1.807) is 65.2 Å². The number of amides is 2. The molecular formula is C35H35ClN4O5. The van der Waals surface area contributed by atoms with Crippen LogP contribution in [0.1, 0.15) is 57.7 Å². The number of ether oxygens (including phenoxy) is 3. The summed E-state index contributed by atoms with van der Waals surface area (Å²) in [6, 6.07) is 18.5. The lowest BCUT2D eigenvalue weighted by Crippen LogP contribution is -2.30. The van der Waals surface area contributed by atoms with E-state index >= 15 is 0 Å². The summed E-state index contributed by atoms with van der Waals surface area (Å²) in [6.45, 7) is 5.39. The second kappa shape index (κ2) is 13.2. The van der Waals surface area contributed by atoms with Crippen LogP contribution in [0.3, 0.4) is 0 Å². The number of hydrogen-bond acceptors (Lipinski definition) is 6. The fourth-order valence-corrected chi connectivity index (χ4v) is 6.04. The Morgan fingerprint density at radius 2 is 1.89 bits per heavy atom. The minimum Gasteiger partial charge on any atom is -0.493 e. The molecule has 10 heteroatoms. The van der Waals surface area contributed by atoms with Gasteiger partial charge in [0.15, 0.2) is 6.79 Å². The monoisotopic (exact) mass is 626 g/mol. The third-order valence-electron chi connectivity index (χ3n) is 8.03. The van der Waals surface area contributed by atoms with Crippen LogP contribution in [-0.2, 0) is 4.74 Å². The predicted molar refractivity (Wildman–Crippen MR) is 176 cm³/mol. The molecule has 0 fully saturated rings. The number of aromatic nitrogens is 2. The van der Waals surface area contributed by atoms with Gasteiger partial charge in [-0.25, -0.2) is 4.98 Å². The smallest absolute Gasteiger partial charge is 0.278 e. The maximum atomic E-state index is 14.1.